The van der Waals surface area contributed by atoms with Gasteiger partial charge in [0.15, 0.2) is 5.75 Å². The van der Waals surface area contributed by atoms with Gasteiger partial charge in [-0.15, -0.1) is 0 Å². The van der Waals surface area contributed by atoms with E-state index >= 15 is 0 Å². The molecule has 1 amide bonds. The minimum atomic E-state index is -0.583. The zero-order chi connectivity index (χ0) is 23.5. The van der Waals surface area contributed by atoms with Crippen LogP contribution in [0.15, 0.2) is 10.5 Å². The van der Waals surface area contributed by atoms with Crippen molar-refractivity contribution in [3.8, 4) is 17.7 Å². The largest absolute Gasteiger partial charge is 0.493 e. The summed E-state index contributed by atoms with van der Waals surface area (Å²) in [6.45, 7) is 6.23. The number of pyridine rings is 1. The highest BCUT2D eigenvalue weighted by Crippen LogP contribution is 2.44. The quantitative estimate of drug-likeness (QED) is 0.546. The van der Waals surface area contributed by atoms with Crippen molar-refractivity contribution in [1.29, 1.82) is 5.26 Å². The number of carbonyl (C=O) groups is 1. The number of carbonyl (C=O) groups excluding carboxylic acids is 1. The van der Waals surface area contributed by atoms with Gasteiger partial charge in [0.2, 0.25) is 5.88 Å². The summed E-state index contributed by atoms with van der Waals surface area (Å²) < 4.78 is 16.8. The van der Waals surface area contributed by atoms with Crippen LogP contribution in [0.25, 0.3) is 10.9 Å². The van der Waals surface area contributed by atoms with E-state index in [2.05, 4.69) is 27.0 Å². The molecule has 8 nitrogen and oxygen atoms in total. The van der Waals surface area contributed by atoms with Gasteiger partial charge in [-0.1, -0.05) is 11.6 Å². The Balaban J connectivity index is 2.51. The first-order valence-corrected chi connectivity index (χ1v) is 10.6. The van der Waals surface area contributed by atoms with E-state index in [1.54, 1.807) is 13.1 Å². The third-order valence-electron chi connectivity index (χ3n) is 4.44. The van der Waals surface area contributed by atoms with E-state index in [1.165, 1.54) is 19.1 Å². The molecule has 0 aliphatic heterocycles. The lowest BCUT2D eigenvalue weighted by atomic mass is 10.1. The molecule has 0 bridgehead atoms. The molecule has 0 N–H and O–H groups in total. The molecule has 0 aliphatic carbocycles. The fraction of sp³-hybridized carbons (Fsp3) is 0.476. The molecule has 2 aromatic rings. The van der Waals surface area contributed by atoms with E-state index in [-0.39, 0.29) is 11.4 Å². The van der Waals surface area contributed by atoms with Gasteiger partial charge >= 0.3 is 6.09 Å². The molecular weight excluding hydrogens is 488 g/mol. The first-order chi connectivity index (χ1) is 14.4. The van der Waals surface area contributed by atoms with Crippen LogP contribution in [0.5, 0.6) is 11.6 Å². The standard InChI is InChI=1S/C21H26BrClN4O4/c1-21(2,3)31-20(28)27(5)9-8-26(4)17-12-10-14(23)15(22)18(29-6)16(12)25-19(30-7)13(17)11-24/h10H,8-9H2,1-7H3. The van der Waals surface area contributed by atoms with Crippen molar-refractivity contribution in [2.45, 2.75) is 26.4 Å². The van der Waals surface area contributed by atoms with Gasteiger partial charge in [-0.25, -0.2) is 9.78 Å². The fourth-order valence-corrected chi connectivity index (χ4v) is 3.61. The number of nitrogens with zero attached hydrogens (tertiary/aromatic N) is 4. The SMILES string of the molecule is COc1nc2c(OC)c(Br)c(Cl)cc2c(N(C)CCN(C)C(=O)OC(C)(C)C)c1C#N. The van der Waals surface area contributed by atoms with Gasteiger partial charge in [-0.05, 0) is 42.8 Å². The van der Waals surface area contributed by atoms with Crippen molar-refractivity contribution in [3.05, 3.63) is 21.1 Å². The fourth-order valence-electron chi connectivity index (χ4n) is 2.95. The van der Waals surface area contributed by atoms with Crippen LogP contribution in [0.3, 0.4) is 0 Å². The molecule has 10 heteroatoms. The lowest BCUT2D eigenvalue weighted by Crippen LogP contribution is -2.38. The number of methoxy groups -OCH3 is 2. The van der Waals surface area contributed by atoms with Crippen molar-refractivity contribution < 1.29 is 19.0 Å². The van der Waals surface area contributed by atoms with Crippen LogP contribution in [0.1, 0.15) is 26.3 Å². The number of hydrogen-bond donors (Lipinski definition) is 0. The second-order valence-corrected chi connectivity index (χ2v) is 9.08. The first kappa shape index (κ1) is 24.8. The van der Waals surface area contributed by atoms with Crippen LogP contribution < -0.4 is 14.4 Å². The van der Waals surface area contributed by atoms with Gasteiger partial charge in [0.1, 0.15) is 22.8 Å². The van der Waals surface area contributed by atoms with Crippen molar-refractivity contribution in [2.24, 2.45) is 0 Å². The Morgan fingerprint density at radius 1 is 1.26 bits per heavy atom. The monoisotopic (exact) mass is 512 g/mol. The minimum Gasteiger partial charge on any atom is -0.493 e. The number of anilines is 1. The lowest BCUT2D eigenvalue weighted by Gasteiger charge is -2.28. The number of rotatable bonds is 6. The summed E-state index contributed by atoms with van der Waals surface area (Å²) in [5.41, 5.74) is 0.755. The zero-order valence-electron chi connectivity index (χ0n) is 18.7. The molecule has 1 heterocycles. The molecule has 1 aromatic heterocycles. The number of amides is 1. The molecule has 0 fully saturated rings. The smallest absolute Gasteiger partial charge is 0.410 e. The number of aromatic nitrogens is 1. The Morgan fingerprint density at radius 3 is 2.42 bits per heavy atom. The van der Waals surface area contributed by atoms with E-state index in [9.17, 15) is 10.1 Å². The third-order valence-corrected chi connectivity index (χ3v) is 5.75. The van der Waals surface area contributed by atoms with Crippen LogP contribution in [-0.4, -0.2) is 63.0 Å². The van der Waals surface area contributed by atoms with Crippen LogP contribution in [0, 0.1) is 11.3 Å². The number of hydrogen-bond acceptors (Lipinski definition) is 7. The number of likely N-dealkylation sites (N-methyl/N-ethyl adjacent to an activating group) is 2. The number of fused-ring (bicyclic) bond motifs is 1. The van der Waals surface area contributed by atoms with Gasteiger partial charge in [-0.3, -0.25) is 0 Å². The molecular formula is C21H26BrClN4O4. The average molecular weight is 514 g/mol. The Labute approximate surface area is 195 Å². The summed E-state index contributed by atoms with van der Waals surface area (Å²) in [4.78, 5) is 20.1. The second-order valence-electron chi connectivity index (χ2n) is 7.88. The summed E-state index contributed by atoms with van der Waals surface area (Å²) in [5.74, 6) is 0.607. The van der Waals surface area contributed by atoms with Gasteiger partial charge in [0.25, 0.3) is 0 Å². The Bertz CT molecular complexity index is 1030. The normalized spacial score (nSPS) is 11.1. The molecule has 0 saturated carbocycles. The number of halogens is 2. The Morgan fingerprint density at radius 2 is 1.90 bits per heavy atom. The second kappa shape index (κ2) is 9.79. The summed E-state index contributed by atoms with van der Waals surface area (Å²) >= 11 is 9.81. The molecule has 0 radical (unpaired) electrons. The van der Waals surface area contributed by atoms with E-state index in [0.717, 1.165) is 0 Å². The molecule has 31 heavy (non-hydrogen) atoms. The number of nitriles is 1. The number of ether oxygens (including phenoxy) is 3. The predicted octanol–water partition coefficient (Wildman–Crippen LogP) is 4.84. The molecule has 168 valence electrons. The van der Waals surface area contributed by atoms with Crippen LogP contribution in [0.2, 0.25) is 5.02 Å². The van der Waals surface area contributed by atoms with Crippen molar-refractivity contribution in [3.63, 3.8) is 0 Å². The van der Waals surface area contributed by atoms with E-state index in [1.807, 2.05) is 32.7 Å². The van der Waals surface area contributed by atoms with Crippen LogP contribution in [0.4, 0.5) is 10.5 Å². The molecule has 0 spiro atoms. The molecule has 0 unspecified atom stereocenters. The highest BCUT2D eigenvalue weighted by Gasteiger charge is 2.25. The summed E-state index contributed by atoms with van der Waals surface area (Å²) in [6.07, 6.45) is -0.424. The van der Waals surface area contributed by atoms with Crippen LogP contribution in [-0.2, 0) is 4.74 Å². The topological polar surface area (TPSA) is 87.9 Å². The van der Waals surface area contributed by atoms with Gasteiger partial charge < -0.3 is 24.0 Å². The molecule has 0 aliphatic rings. The molecule has 0 atom stereocenters. The Kier molecular flexibility index (Phi) is 7.84. The van der Waals surface area contributed by atoms with Gasteiger partial charge in [0, 0.05) is 32.6 Å². The highest BCUT2D eigenvalue weighted by molar-refractivity contribution is 9.10. The zero-order valence-corrected chi connectivity index (χ0v) is 21.0. The molecule has 2 rings (SSSR count). The van der Waals surface area contributed by atoms with Crippen molar-refractivity contribution in [1.82, 2.24) is 9.88 Å². The van der Waals surface area contributed by atoms with Crippen LogP contribution >= 0.6 is 27.5 Å². The maximum Gasteiger partial charge on any atom is 0.410 e. The lowest BCUT2D eigenvalue weighted by molar-refractivity contribution is 0.0303. The first-order valence-electron chi connectivity index (χ1n) is 9.44. The predicted molar refractivity (Wildman–Crippen MR) is 124 cm³/mol. The summed E-state index contributed by atoms with van der Waals surface area (Å²) in [7, 11) is 6.45. The van der Waals surface area contributed by atoms with E-state index < -0.39 is 11.7 Å². The Hall–Kier alpha value is -2.44. The summed E-state index contributed by atoms with van der Waals surface area (Å²) in [6, 6.07) is 3.89. The maximum absolute atomic E-state index is 12.3. The van der Waals surface area contributed by atoms with Gasteiger partial charge in [-0.2, -0.15) is 5.26 Å². The summed E-state index contributed by atoms with van der Waals surface area (Å²) in [5, 5.41) is 10.9. The van der Waals surface area contributed by atoms with Crippen molar-refractivity contribution in [2.75, 3.05) is 46.3 Å². The third kappa shape index (κ3) is 5.43. The maximum atomic E-state index is 12.3. The molecule has 1 aromatic carbocycles. The highest BCUT2D eigenvalue weighted by atomic mass is 79.9. The molecule has 0 saturated heterocycles. The van der Waals surface area contributed by atoms with Crippen molar-refractivity contribution >= 4 is 50.2 Å². The number of benzene rings is 1. The van der Waals surface area contributed by atoms with Gasteiger partial charge in [0.05, 0.1) is 29.4 Å². The minimum absolute atomic E-state index is 0.171. The van der Waals surface area contributed by atoms with E-state index in [4.69, 9.17) is 25.8 Å². The average Bonchev–Trinajstić information content (AvgIpc) is 2.70. The van der Waals surface area contributed by atoms with E-state index in [0.29, 0.717) is 44.9 Å².